The van der Waals surface area contributed by atoms with Crippen LogP contribution >= 0.6 is 0 Å². The standard InChI is InChI=1S/C13H23NO2/c1-10(2)9-12(5)14-7-6-8-16-13(15)11(3)4/h10H,3,6-9H2,1-2,4-5H3. The van der Waals surface area contributed by atoms with E-state index < -0.39 is 0 Å². The SMILES string of the molecule is C=C(C)C(=O)OCCCN=C(C)CC(C)C. The maximum Gasteiger partial charge on any atom is 0.333 e. The van der Waals surface area contributed by atoms with Gasteiger partial charge < -0.3 is 4.74 Å². The van der Waals surface area contributed by atoms with Crippen LogP contribution in [0.25, 0.3) is 0 Å². The van der Waals surface area contributed by atoms with Crippen LogP contribution in [-0.4, -0.2) is 24.8 Å². The molecule has 0 aliphatic heterocycles. The molecule has 0 radical (unpaired) electrons. The number of hydrogen-bond donors (Lipinski definition) is 0. The molecule has 3 nitrogen and oxygen atoms in total. The van der Waals surface area contributed by atoms with Crippen LogP contribution in [0.4, 0.5) is 0 Å². The highest BCUT2D eigenvalue weighted by Crippen LogP contribution is 2.01. The third-order valence-electron chi connectivity index (χ3n) is 1.97. The first-order valence-corrected chi connectivity index (χ1v) is 5.76. The molecule has 0 aliphatic rings. The van der Waals surface area contributed by atoms with E-state index in [0.717, 1.165) is 19.4 Å². The topological polar surface area (TPSA) is 38.7 Å². The van der Waals surface area contributed by atoms with Crippen molar-refractivity contribution in [3.8, 4) is 0 Å². The van der Waals surface area contributed by atoms with Crippen molar-refractivity contribution < 1.29 is 9.53 Å². The van der Waals surface area contributed by atoms with Gasteiger partial charge in [0.1, 0.15) is 0 Å². The van der Waals surface area contributed by atoms with Gasteiger partial charge in [-0.2, -0.15) is 0 Å². The lowest BCUT2D eigenvalue weighted by Crippen LogP contribution is -2.07. The van der Waals surface area contributed by atoms with Crippen molar-refractivity contribution >= 4 is 11.7 Å². The van der Waals surface area contributed by atoms with E-state index in [9.17, 15) is 4.79 Å². The molecule has 0 fully saturated rings. The fourth-order valence-electron chi connectivity index (χ4n) is 1.28. The highest BCUT2D eigenvalue weighted by atomic mass is 16.5. The molecule has 0 N–H and O–H groups in total. The Bertz CT molecular complexity index is 267. The Morgan fingerprint density at radius 2 is 2.00 bits per heavy atom. The molecule has 0 atom stereocenters. The van der Waals surface area contributed by atoms with Gasteiger partial charge in [0.25, 0.3) is 0 Å². The Balaban J connectivity index is 3.60. The summed E-state index contributed by atoms with van der Waals surface area (Å²) in [5.74, 6) is 0.327. The summed E-state index contributed by atoms with van der Waals surface area (Å²) in [6, 6.07) is 0. The van der Waals surface area contributed by atoms with Gasteiger partial charge in [-0.15, -0.1) is 0 Å². The predicted molar refractivity (Wildman–Crippen MR) is 67.8 cm³/mol. The molecule has 0 unspecified atom stereocenters. The lowest BCUT2D eigenvalue weighted by atomic mass is 10.1. The number of aliphatic imine (C=N–C) groups is 1. The second-order valence-corrected chi connectivity index (χ2v) is 4.48. The van der Waals surface area contributed by atoms with Crippen LogP contribution in [0.15, 0.2) is 17.1 Å². The summed E-state index contributed by atoms with van der Waals surface area (Å²) in [6.45, 7) is 12.7. The molecule has 0 aromatic heterocycles. The molecule has 0 aliphatic carbocycles. The van der Waals surface area contributed by atoms with E-state index in [1.165, 1.54) is 5.71 Å². The second kappa shape index (κ2) is 8.08. The van der Waals surface area contributed by atoms with Gasteiger partial charge in [0.15, 0.2) is 0 Å². The van der Waals surface area contributed by atoms with E-state index >= 15 is 0 Å². The smallest absolute Gasteiger partial charge is 0.333 e. The average Bonchev–Trinajstić information content (AvgIpc) is 2.15. The van der Waals surface area contributed by atoms with Crippen LogP contribution < -0.4 is 0 Å². The number of nitrogens with zero attached hydrogens (tertiary/aromatic N) is 1. The van der Waals surface area contributed by atoms with Crippen LogP contribution in [0.1, 0.15) is 40.5 Å². The molecule has 0 aromatic rings. The van der Waals surface area contributed by atoms with Crippen molar-refractivity contribution in [2.24, 2.45) is 10.9 Å². The second-order valence-electron chi connectivity index (χ2n) is 4.48. The summed E-state index contributed by atoms with van der Waals surface area (Å²) in [6.07, 6.45) is 1.81. The van der Waals surface area contributed by atoms with E-state index in [1.807, 2.05) is 6.92 Å². The number of carbonyl (C=O) groups excluding carboxylic acids is 1. The molecule has 0 saturated heterocycles. The molecule has 0 rings (SSSR count). The highest BCUT2D eigenvalue weighted by Gasteiger charge is 2.01. The van der Waals surface area contributed by atoms with Gasteiger partial charge in [-0.3, -0.25) is 4.99 Å². The molecule has 3 heteroatoms. The van der Waals surface area contributed by atoms with Crippen molar-refractivity contribution in [3.05, 3.63) is 12.2 Å². The first kappa shape index (κ1) is 14.9. The third kappa shape index (κ3) is 8.21. The molecule has 0 amide bonds. The van der Waals surface area contributed by atoms with Crippen molar-refractivity contribution in [1.82, 2.24) is 0 Å². The van der Waals surface area contributed by atoms with Gasteiger partial charge in [-0.05, 0) is 26.2 Å². The summed E-state index contributed by atoms with van der Waals surface area (Å²) in [7, 11) is 0. The summed E-state index contributed by atoms with van der Waals surface area (Å²) < 4.78 is 4.96. The van der Waals surface area contributed by atoms with Crippen LogP contribution in [0.5, 0.6) is 0 Å². The van der Waals surface area contributed by atoms with Crippen molar-refractivity contribution in [1.29, 1.82) is 0 Å². The van der Waals surface area contributed by atoms with E-state index in [2.05, 4.69) is 25.4 Å². The molecule has 0 bridgehead atoms. The number of carbonyl (C=O) groups is 1. The van der Waals surface area contributed by atoms with Crippen LogP contribution in [0, 0.1) is 5.92 Å². The van der Waals surface area contributed by atoms with Crippen LogP contribution in [-0.2, 0) is 9.53 Å². The number of rotatable bonds is 7. The molecule has 0 aromatic carbocycles. The van der Waals surface area contributed by atoms with Gasteiger partial charge >= 0.3 is 5.97 Å². The zero-order valence-electron chi connectivity index (χ0n) is 10.9. The lowest BCUT2D eigenvalue weighted by Gasteiger charge is -2.05. The number of ether oxygens (including phenoxy) is 1. The van der Waals surface area contributed by atoms with E-state index in [0.29, 0.717) is 18.1 Å². The Labute approximate surface area is 98.6 Å². The molecular formula is C13H23NO2. The summed E-state index contributed by atoms with van der Waals surface area (Å²) >= 11 is 0. The van der Waals surface area contributed by atoms with Gasteiger partial charge in [-0.1, -0.05) is 20.4 Å². The minimum Gasteiger partial charge on any atom is -0.462 e. The third-order valence-corrected chi connectivity index (χ3v) is 1.97. The minimum atomic E-state index is -0.317. The Morgan fingerprint density at radius 1 is 1.38 bits per heavy atom. The molecule has 0 heterocycles. The quantitative estimate of drug-likeness (QED) is 0.289. The van der Waals surface area contributed by atoms with Crippen LogP contribution in [0.3, 0.4) is 0 Å². The van der Waals surface area contributed by atoms with Gasteiger partial charge in [0, 0.05) is 24.3 Å². The summed E-state index contributed by atoms with van der Waals surface area (Å²) in [5, 5.41) is 0. The van der Waals surface area contributed by atoms with Gasteiger partial charge in [0.05, 0.1) is 6.61 Å². The zero-order valence-corrected chi connectivity index (χ0v) is 10.9. The first-order chi connectivity index (χ1) is 7.43. The van der Waals surface area contributed by atoms with Crippen molar-refractivity contribution in [3.63, 3.8) is 0 Å². The van der Waals surface area contributed by atoms with Crippen LogP contribution in [0.2, 0.25) is 0 Å². The Kier molecular flexibility index (Phi) is 7.52. The minimum absolute atomic E-state index is 0.317. The molecular weight excluding hydrogens is 202 g/mol. The normalized spacial score (nSPS) is 11.7. The Hall–Kier alpha value is -1.12. The molecule has 92 valence electrons. The predicted octanol–water partition coefficient (Wildman–Crippen LogP) is 3.00. The monoisotopic (exact) mass is 225 g/mol. The highest BCUT2D eigenvalue weighted by molar-refractivity contribution is 5.86. The van der Waals surface area contributed by atoms with E-state index in [1.54, 1.807) is 6.92 Å². The average molecular weight is 225 g/mol. The largest absolute Gasteiger partial charge is 0.462 e. The van der Waals surface area contributed by atoms with Gasteiger partial charge in [0.2, 0.25) is 0 Å². The maximum absolute atomic E-state index is 11.0. The fourth-order valence-corrected chi connectivity index (χ4v) is 1.28. The van der Waals surface area contributed by atoms with Crippen molar-refractivity contribution in [2.45, 2.75) is 40.5 Å². The summed E-state index contributed by atoms with van der Waals surface area (Å²) in [5.41, 5.74) is 1.61. The number of esters is 1. The van der Waals surface area contributed by atoms with E-state index in [-0.39, 0.29) is 5.97 Å². The maximum atomic E-state index is 11.0. The molecule has 0 spiro atoms. The lowest BCUT2D eigenvalue weighted by molar-refractivity contribution is -0.138. The van der Waals surface area contributed by atoms with Gasteiger partial charge in [-0.25, -0.2) is 4.79 Å². The zero-order chi connectivity index (χ0) is 12.6. The van der Waals surface area contributed by atoms with Crippen molar-refractivity contribution in [2.75, 3.05) is 13.2 Å². The first-order valence-electron chi connectivity index (χ1n) is 5.76. The fraction of sp³-hybridized carbons (Fsp3) is 0.692. The van der Waals surface area contributed by atoms with E-state index in [4.69, 9.17) is 4.74 Å². The Morgan fingerprint density at radius 3 is 2.50 bits per heavy atom. The number of hydrogen-bond acceptors (Lipinski definition) is 3. The molecule has 0 saturated carbocycles. The summed E-state index contributed by atoms with van der Waals surface area (Å²) in [4.78, 5) is 15.4. The molecule has 16 heavy (non-hydrogen) atoms.